The lowest BCUT2D eigenvalue weighted by molar-refractivity contribution is 0.670. The lowest BCUT2D eigenvalue weighted by Crippen LogP contribution is -2.10. The number of fused-ring (bicyclic) bond motifs is 4. The Hall–Kier alpha value is -7.94. The van der Waals surface area contributed by atoms with Crippen LogP contribution in [0.25, 0.3) is 88.3 Å². The molecule has 0 atom stereocenters. The number of benzene rings is 10. The van der Waals surface area contributed by atoms with Crippen molar-refractivity contribution in [3.8, 4) is 55.6 Å². The molecule has 11 aromatic rings. The molecular weight excluding hydrogens is 727 g/mol. The summed E-state index contributed by atoms with van der Waals surface area (Å²) in [6.45, 7) is 0. The van der Waals surface area contributed by atoms with Crippen molar-refractivity contribution in [2.24, 2.45) is 0 Å². The molecule has 1 aromatic heterocycles. The third-order valence-electron chi connectivity index (χ3n) is 11.6. The van der Waals surface area contributed by atoms with Crippen molar-refractivity contribution in [3.05, 3.63) is 237 Å². The zero-order valence-corrected chi connectivity index (χ0v) is 32.9. The quantitative estimate of drug-likeness (QED) is 0.153. The fraction of sp³-hybridized carbons (Fsp3) is 0. The van der Waals surface area contributed by atoms with Crippen molar-refractivity contribution >= 4 is 49.8 Å². The Balaban J connectivity index is 1.14. The van der Waals surface area contributed by atoms with E-state index in [4.69, 9.17) is 4.42 Å². The van der Waals surface area contributed by atoms with Crippen molar-refractivity contribution in [1.29, 1.82) is 0 Å². The van der Waals surface area contributed by atoms with Gasteiger partial charge in [0.2, 0.25) is 0 Å². The molecule has 0 saturated carbocycles. The number of nitrogens with zero attached hydrogens (tertiary/aromatic N) is 1. The summed E-state index contributed by atoms with van der Waals surface area (Å²) in [4.78, 5) is 2.36. The van der Waals surface area contributed by atoms with Gasteiger partial charge in [-0.05, 0) is 109 Å². The van der Waals surface area contributed by atoms with Gasteiger partial charge in [-0.1, -0.05) is 188 Å². The first kappa shape index (κ1) is 35.2. The molecule has 0 spiro atoms. The monoisotopic (exact) mass is 765 g/mol. The molecule has 0 saturated heterocycles. The summed E-state index contributed by atoms with van der Waals surface area (Å²) in [5.41, 5.74) is 16.3. The van der Waals surface area contributed by atoms with Crippen LogP contribution < -0.4 is 4.90 Å². The molecule has 0 bridgehead atoms. The Bertz CT molecular complexity index is 3280. The van der Waals surface area contributed by atoms with Crippen LogP contribution in [0.4, 0.5) is 17.1 Å². The third-order valence-corrected chi connectivity index (χ3v) is 11.6. The molecule has 2 heteroatoms. The number of hydrogen-bond donors (Lipinski definition) is 0. The van der Waals surface area contributed by atoms with Gasteiger partial charge in [0, 0.05) is 27.7 Å². The van der Waals surface area contributed by atoms with E-state index < -0.39 is 0 Å². The van der Waals surface area contributed by atoms with E-state index >= 15 is 0 Å². The minimum Gasteiger partial charge on any atom is -0.453 e. The second kappa shape index (κ2) is 15.1. The second-order valence-corrected chi connectivity index (χ2v) is 15.3. The highest BCUT2D eigenvalue weighted by Gasteiger charge is 2.23. The first-order valence-corrected chi connectivity index (χ1v) is 20.5. The van der Waals surface area contributed by atoms with Gasteiger partial charge in [-0.15, -0.1) is 0 Å². The SMILES string of the molecule is c1ccc(-c2cc(-c3ccccc3)c3oc4c(N(c5ccc(-c6ccc7ccccc7c6)cc5)c5ccc(-c6ccccc6)c(-c6ccccc6)c5)cccc4c3c2)cc1. The van der Waals surface area contributed by atoms with Gasteiger partial charge >= 0.3 is 0 Å². The zero-order valence-electron chi connectivity index (χ0n) is 32.9. The van der Waals surface area contributed by atoms with Crippen molar-refractivity contribution < 1.29 is 4.42 Å². The summed E-state index contributed by atoms with van der Waals surface area (Å²) in [6.07, 6.45) is 0. The summed E-state index contributed by atoms with van der Waals surface area (Å²) in [7, 11) is 0. The van der Waals surface area contributed by atoms with E-state index in [-0.39, 0.29) is 0 Å². The Labute approximate surface area is 349 Å². The standard InChI is InChI=1S/C58H39NO/c1-5-16-40(17-6-1)48-37-54(45-23-11-4-12-24-45)57-55(38-48)52-26-15-27-56(58(52)60-57)59(49-32-30-42(31-33-49)47-29-28-41-18-13-14-25-46(41)36-47)50-34-35-51(43-19-7-2-8-20-43)53(39-50)44-21-9-3-10-22-44/h1-39H. The molecule has 0 unspecified atom stereocenters. The number of hydrogen-bond acceptors (Lipinski definition) is 2. The third kappa shape index (κ3) is 6.41. The summed E-state index contributed by atoms with van der Waals surface area (Å²) in [5.74, 6) is 0. The van der Waals surface area contributed by atoms with Gasteiger partial charge in [0.05, 0.1) is 5.69 Å². The van der Waals surface area contributed by atoms with Crippen LogP contribution in [0, 0.1) is 0 Å². The molecule has 2 nitrogen and oxygen atoms in total. The van der Waals surface area contributed by atoms with Crippen LogP contribution in [0.15, 0.2) is 241 Å². The lowest BCUT2D eigenvalue weighted by Gasteiger charge is -2.27. The number of anilines is 3. The summed E-state index contributed by atoms with van der Waals surface area (Å²) < 4.78 is 7.18. The van der Waals surface area contributed by atoms with E-state index in [0.29, 0.717) is 0 Å². The van der Waals surface area contributed by atoms with E-state index in [1.165, 1.54) is 33.0 Å². The highest BCUT2D eigenvalue weighted by Crippen LogP contribution is 2.47. The summed E-state index contributed by atoms with van der Waals surface area (Å²) in [5, 5.41) is 4.62. The average Bonchev–Trinajstić information content (AvgIpc) is 3.72. The lowest BCUT2D eigenvalue weighted by atomic mass is 9.93. The molecule has 0 N–H and O–H groups in total. The molecule has 1 heterocycles. The maximum atomic E-state index is 7.18. The van der Waals surface area contributed by atoms with Crippen molar-refractivity contribution in [2.75, 3.05) is 4.90 Å². The van der Waals surface area contributed by atoms with Crippen molar-refractivity contribution in [3.63, 3.8) is 0 Å². The highest BCUT2D eigenvalue weighted by atomic mass is 16.3. The van der Waals surface area contributed by atoms with Crippen LogP contribution in [0.3, 0.4) is 0 Å². The molecule has 0 radical (unpaired) electrons. The zero-order chi connectivity index (χ0) is 39.8. The van der Waals surface area contributed by atoms with E-state index in [1.807, 2.05) is 0 Å². The van der Waals surface area contributed by atoms with Gasteiger partial charge in [0.25, 0.3) is 0 Å². The van der Waals surface area contributed by atoms with Crippen molar-refractivity contribution in [1.82, 2.24) is 0 Å². The van der Waals surface area contributed by atoms with E-state index in [1.54, 1.807) is 0 Å². The van der Waals surface area contributed by atoms with Gasteiger partial charge in [0.1, 0.15) is 5.58 Å². The predicted octanol–water partition coefficient (Wildman–Crippen LogP) is 16.5. The number of furan rings is 1. The Morgan fingerprint density at radius 2 is 0.817 bits per heavy atom. The molecule has 0 aliphatic carbocycles. The van der Waals surface area contributed by atoms with E-state index in [9.17, 15) is 0 Å². The van der Waals surface area contributed by atoms with Crippen molar-refractivity contribution in [2.45, 2.75) is 0 Å². The van der Waals surface area contributed by atoms with Gasteiger partial charge < -0.3 is 9.32 Å². The first-order valence-electron chi connectivity index (χ1n) is 20.5. The van der Waals surface area contributed by atoms with E-state index in [2.05, 4.69) is 241 Å². The van der Waals surface area contributed by atoms with Crippen LogP contribution >= 0.6 is 0 Å². The maximum absolute atomic E-state index is 7.18. The molecule has 11 rings (SSSR count). The van der Waals surface area contributed by atoms with Gasteiger partial charge in [0.15, 0.2) is 5.58 Å². The van der Waals surface area contributed by atoms with Crippen LogP contribution in [-0.4, -0.2) is 0 Å². The highest BCUT2D eigenvalue weighted by molar-refractivity contribution is 6.15. The largest absolute Gasteiger partial charge is 0.453 e. The average molecular weight is 766 g/mol. The predicted molar refractivity (Wildman–Crippen MR) is 253 cm³/mol. The maximum Gasteiger partial charge on any atom is 0.159 e. The Morgan fingerprint density at radius 1 is 0.267 bits per heavy atom. The Morgan fingerprint density at radius 3 is 1.50 bits per heavy atom. The molecule has 0 aliphatic heterocycles. The minimum atomic E-state index is 0.835. The fourth-order valence-corrected chi connectivity index (χ4v) is 8.69. The normalized spacial score (nSPS) is 11.3. The number of rotatable bonds is 8. The molecule has 0 aliphatic rings. The number of para-hydroxylation sites is 1. The molecule has 60 heavy (non-hydrogen) atoms. The van der Waals surface area contributed by atoms with Crippen LogP contribution in [0.1, 0.15) is 0 Å². The molecule has 10 aromatic carbocycles. The topological polar surface area (TPSA) is 16.4 Å². The van der Waals surface area contributed by atoms with Gasteiger partial charge in [-0.2, -0.15) is 0 Å². The fourth-order valence-electron chi connectivity index (χ4n) is 8.69. The van der Waals surface area contributed by atoms with Gasteiger partial charge in [-0.3, -0.25) is 0 Å². The van der Waals surface area contributed by atoms with Gasteiger partial charge in [-0.25, -0.2) is 0 Å². The Kier molecular flexibility index (Phi) is 8.87. The molecule has 0 amide bonds. The summed E-state index contributed by atoms with van der Waals surface area (Å²) >= 11 is 0. The van der Waals surface area contributed by atoms with Crippen LogP contribution in [-0.2, 0) is 0 Å². The van der Waals surface area contributed by atoms with Crippen LogP contribution in [0.5, 0.6) is 0 Å². The molecule has 0 fully saturated rings. The first-order chi connectivity index (χ1) is 29.7. The minimum absolute atomic E-state index is 0.835. The van der Waals surface area contributed by atoms with E-state index in [0.717, 1.165) is 72.4 Å². The van der Waals surface area contributed by atoms with Crippen LogP contribution in [0.2, 0.25) is 0 Å². The molecule has 282 valence electrons. The molecular formula is C58H39NO. The smallest absolute Gasteiger partial charge is 0.159 e. The second-order valence-electron chi connectivity index (χ2n) is 15.3. The summed E-state index contributed by atoms with van der Waals surface area (Å²) in [6, 6.07) is 84.7.